The molecule has 0 aromatic rings. The molecule has 3 saturated carbocycles. The van der Waals surface area contributed by atoms with Crippen molar-refractivity contribution in [2.75, 3.05) is 6.54 Å². The average Bonchev–Trinajstić information content (AvgIpc) is 2.44. The van der Waals surface area contributed by atoms with Crippen LogP contribution in [0.25, 0.3) is 0 Å². The van der Waals surface area contributed by atoms with Crippen molar-refractivity contribution in [3.05, 3.63) is 0 Å². The van der Waals surface area contributed by atoms with Gasteiger partial charge >= 0.3 is 6.09 Å². The zero-order valence-electron chi connectivity index (χ0n) is 14.6. The summed E-state index contributed by atoms with van der Waals surface area (Å²) in [6.45, 7) is 7.23. The lowest BCUT2D eigenvalue weighted by atomic mass is 9.61. The molecule has 0 aromatic carbocycles. The SMILES string of the molecule is CC(=O)CN(C=O)C12CCC(NC(=O)OC(C)(C)C)(CC1)CC2. The van der Waals surface area contributed by atoms with Gasteiger partial charge in [0.05, 0.1) is 6.54 Å². The standard InChI is InChI=1S/C17H28N2O4/c1-13(21)11-19(12-20)17-8-5-16(6-9-17,7-10-17)18-14(22)23-15(2,3)4/h12H,5-11H2,1-4H3,(H,18,22). The summed E-state index contributed by atoms with van der Waals surface area (Å²) in [7, 11) is 0. The Morgan fingerprint density at radius 1 is 1.13 bits per heavy atom. The lowest BCUT2D eigenvalue weighted by molar-refractivity contribution is -0.136. The molecule has 3 rings (SSSR count). The Morgan fingerprint density at radius 2 is 1.65 bits per heavy atom. The lowest BCUT2D eigenvalue weighted by Gasteiger charge is -2.56. The zero-order valence-corrected chi connectivity index (χ0v) is 14.6. The minimum absolute atomic E-state index is 0.000709. The van der Waals surface area contributed by atoms with E-state index < -0.39 is 5.60 Å². The van der Waals surface area contributed by atoms with Crippen LogP contribution in [0.1, 0.15) is 66.2 Å². The summed E-state index contributed by atoms with van der Waals surface area (Å²) in [5, 5.41) is 3.06. The van der Waals surface area contributed by atoms with Crippen molar-refractivity contribution in [2.45, 2.75) is 82.9 Å². The van der Waals surface area contributed by atoms with Crippen LogP contribution in [0.2, 0.25) is 0 Å². The van der Waals surface area contributed by atoms with Gasteiger partial charge in [-0.1, -0.05) is 0 Å². The summed E-state index contributed by atoms with van der Waals surface area (Å²) in [6, 6.07) is 0. The second-order valence-electron chi connectivity index (χ2n) is 8.07. The number of ketones is 1. The van der Waals surface area contributed by atoms with E-state index >= 15 is 0 Å². The van der Waals surface area contributed by atoms with E-state index in [9.17, 15) is 14.4 Å². The van der Waals surface area contributed by atoms with Gasteiger partial charge < -0.3 is 15.0 Å². The molecule has 0 saturated heterocycles. The second kappa shape index (κ2) is 6.13. The van der Waals surface area contributed by atoms with Crippen LogP contribution in [-0.4, -0.2) is 46.4 Å². The highest BCUT2D eigenvalue weighted by molar-refractivity contribution is 5.79. The van der Waals surface area contributed by atoms with Crippen LogP contribution in [0.15, 0.2) is 0 Å². The summed E-state index contributed by atoms with van der Waals surface area (Å²) in [5.74, 6) is 0.000709. The second-order valence-corrected chi connectivity index (χ2v) is 8.07. The van der Waals surface area contributed by atoms with Crippen molar-refractivity contribution in [1.82, 2.24) is 10.2 Å². The maximum Gasteiger partial charge on any atom is 0.408 e. The van der Waals surface area contributed by atoms with Gasteiger partial charge in [-0.2, -0.15) is 0 Å². The third-order valence-electron chi connectivity index (χ3n) is 5.10. The minimum Gasteiger partial charge on any atom is -0.444 e. The third-order valence-corrected chi connectivity index (χ3v) is 5.10. The van der Waals surface area contributed by atoms with E-state index in [2.05, 4.69) is 5.32 Å². The van der Waals surface area contributed by atoms with Gasteiger partial charge in [-0.05, 0) is 66.2 Å². The molecule has 1 N–H and O–H groups in total. The molecule has 0 unspecified atom stereocenters. The lowest BCUT2D eigenvalue weighted by Crippen LogP contribution is -2.64. The molecule has 0 radical (unpaired) electrons. The highest BCUT2D eigenvalue weighted by Gasteiger charge is 2.52. The first kappa shape index (κ1) is 17.8. The smallest absolute Gasteiger partial charge is 0.408 e. The molecular formula is C17H28N2O4. The summed E-state index contributed by atoms with van der Waals surface area (Å²) >= 11 is 0. The van der Waals surface area contributed by atoms with Gasteiger partial charge in [0.2, 0.25) is 6.41 Å². The topological polar surface area (TPSA) is 75.7 Å². The Morgan fingerprint density at radius 3 is 2.04 bits per heavy atom. The van der Waals surface area contributed by atoms with Crippen molar-refractivity contribution < 1.29 is 19.1 Å². The molecule has 0 heterocycles. The number of hydrogen-bond acceptors (Lipinski definition) is 4. The van der Waals surface area contributed by atoms with Gasteiger partial charge in [0, 0.05) is 11.1 Å². The van der Waals surface area contributed by atoms with Gasteiger partial charge in [0.25, 0.3) is 0 Å². The molecule has 2 amide bonds. The summed E-state index contributed by atoms with van der Waals surface area (Å²) < 4.78 is 5.37. The molecule has 6 nitrogen and oxygen atoms in total. The largest absolute Gasteiger partial charge is 0.444 e. The van der Waals surface area contributed by atoms with Crippen LogP contribution in [0.4, 0.5) is 4.79 Å². The zero-order chi connectivity index (χ0) is 17.3. The summed E-state index contributed by atoms with van der Waals surface area (Å²) in [6.07, 6.45) is 5.32. The van der Waals surface area contributed by atoms with Crippen LogP contribution in [0.5, 0.6) is 0 Å². The molecule has 0 aliphatic heterocycles. The van der Waals surface area contributed by atoms with E-state index in [-0.39, 0.29) is 29.5 Å². The number of fused-ring (bicyclic) bond motifs is 3. The van der Waals surface area contributed by atoms with Crippen LogP contribution >= 0.6 is 0 Å². The molecule has 0 atom stereocenters. The van der Waals surface area contributed by atoms with Gasteiger partial charge in [0.15, 0.2) is 0 Å². The van der Waals surface area contributed by atoms with Crippen molar-refractivity contribution in [3.8, 4) is 0 Å². The number of ether oxygens (including phenoxy) is 1. The molecule has 2 bridgehead atoms. The maximum atomic E-state index is 12.1. The number of rotatable bonds is 5. The van der Waals surface area contributed by atoms with Gasteiger partial charge in [0.1, 0.15) is 11.4 Å². The van der Waals surface area contributed by atoms with E-state index in [0.29, 0.717) is 0 Å². The molecule has 0 spiro atoms. The fourth-order valence-electron chi connectivity index (χ4n) is 3.86. The predicted octanol–water partition coefficient (Wildman–Crippen LogP) is 2.40. The first-order valence-corrected chi connectivity index (χ1v) is 8.33. The molecule has 3 aliphatic rings. The highest BCUT2D eigenvalue weighted by atomic mass is 16.6. The Hall–Kier alpha value is -1.59. The molecular weight excluding hydrogens is 296 g/mol. The van der Waals surface area contributed by atoms with Crippen molar-refractivity contribution in [3.63, 3.8) is 0 Å². The van der Waals surface area contributed by atoms with Crippen LogP contribution in [0, 0.1) is 0 Å². The maximum absolute atomic E-state index is 12.1. The fourth-order valence-corrected chi connectivity index (χ4v) is 3.86. The first-order chi connectivity index (χ1) is 10.6. The predicted molar refractivity (Wildman–Crippen MR) is 86.0 cm³/mol. The van der Waals surface area contributed by atoms with Crippen LogP contribution in [-0.2, 0) is 14.3 Å². The monoisotopic (exact) mass is 324 g/mol. The fraction of sp³-hybridized carbons (Fsp3) is 0.824. The summed E-state index contributed by atoms with van der Waals surface area (Å²) in [4.78, 5) is 36.6. The van der Waals surface area contributed by atoms with E-state index in [4.69, 9.17) is 4.74 Å². The Kier molecular flexibility index (Phi) is 4.74. The molecule has 23 heavy (non-hydrogen) atoms. The van der Waals surface area contributed by atoms with Crippen LogP contribution < -0.4 is 5.32 Å². The average molecular weight is 324 g/mol. The van der Waals surface area contributed by atoms with E-state index in [1.54, 1.807) is 4.90 Å². The van der Waals surface area contributed by atoms with Gasteiger partial charge in [-0.15, -0.1) is 0 Å². The Balaban J connectivity index is 2.00. The first-order valence-electron chi connectivity index (χ1n) is 8.33. The molecule has 6 heteroatoms. The number of carbonyl (C=O) groups is 3. The number of nitrogens with zero attached hydrogens (tertiary/aromatic N) is 1. The molecule has 130 valence electrons. The number of alkyl carbamates (subject to hydrolysis) is 1. The number of amides is 2. The van der Waals surface area contributed by atoms with Crippen molar-refractivity contribution >= 4 is 18.3 Å². The quantitative estimate of drug-likeness (QED) is 0.788. The minimum atomic E-state index is -0.510. The van der Waals surface area contributed by atoms with Gasteiger partial charge in [-0.3, -0.25) is 9.59 Å². The highest BCUT2D eigenvalue weighted by Crippen LogP contribution is 2.49. The number of hydrogen-bond donors (Lipinski definition) is 1. The number of nitrogens with one attached hydrogen (secondary N) is 1. The molecule has 3 aliphatic carbocycles. The van der Waals surface area contributed by atoms with Gasteiger partial charge in [-0.25, -0.2) is 4.79 Å². The Labute approximate surface area is 137 Å². The van der Waals surface area contributed by atoms with E-state index in [1.165, 1.54) is 6.92 Å². The molecule has 3 fully saturated rings. The normalized spacial score (nSPS) is 29.7. The van der Waals surface area contributed by atoms with Crippen molar-refractivity contribution in [2.24, 2.45) is 0 Å². The Bertz CT molecular complexity index is 471. The molecule has 0 aromatic heterocycles. The third kappa shape index (κ3) is 4.03. The number of Topliss-reactive ketones (excluding diaryl/α,β-unsaturated/α-hetero) is 1. The van der Waals surface area contributed by atoms with E-state index in [1.807, 2.05) is 20.8 Å². The van der Waals surface area contributed by atoms with E-state index in [0.717, 1.165) is 44.9 Å². The number of carbonyl (C=O) groups excluding carboxylic acids is 3. The summed E-state index contributed by atoms with van der Waals surface area (Å²) in [5.41, 5.74) is -0.955. The van der Waals surface area contributed by atoms with Crippen molar-refractivity contribution in [1.29, 1.82) is 0 Å². The van der Waals surface area contributed by atoms with Crippen LogP contribution in [0.3, 0.4) is 0 Å².